The van der Waals surface area contributed by atoms with Crippen LogP contribution in [0.1, 0.15) is 50.3 Å². The number of rotatable bonds is 6. The van der Waals surface area contributed by atoms with Crippen molar-refractivity contribution in [1.82, 2.24) is 15.5 Å². The Morgan fingerprint density at radius 3 is 2.62 bits per heavy atom. The second-order valence-electron chi connectivity index (χ2n) is 7.11. The highest BCUT2D eigenvalue weighted by atomic mass is 127. The molecule has 1 unspecified atom stereocenters. The molecule has 1 saturated heterocycles. The Hall–Kier alpha value is -0.890. The van der Waals surface area contributed by atoms with E-state index in [1.807, 2.05) is 19.1 Å². The first kappa shape index (κ1) is 23.1. The van der Waals surface area contributed by atoms with Crippen LogP contribution in [0.25, 0.3) is 0 Å². The van der Waals surface area contributed by atoms with Crippen molar-refractivity contribution < 1.29 is 4.39 Å². The van der Waals surface area contributed by atoms with Gasteiger partial charge in [-0.1, -0.05) is 19.1 Å². The summed E-state index contributed by atoms with van der Waals surface area (Å²) in [5.41, 5.74) is 1.60. The van der Waals surface area contributed by atoms with Crippen LogP contribution in [0, 0.1) is 18.7 Å². The molecule has 1 aliphatic rings. The fraction of sp³-hybridized carbons (Fsp3) is 0.650. The van der Waals surface area contributed by atoms with Gasteiger partial charge in [-0.05, 0) is 75.9 Å². The number of nitrogens with zero attached hydrogens (tertiary/aromatic N) is 2. The zero-order chi connectivity index (χ0) is 18.2. The summed E-state index contributed by atoms with van der Waals surface area (Å²) >= 11 is 0. The van der Waals surface area contributed by atoms with E-state index in [9.17, 15) is 4.39 Å². The van der Waals surface area contributed by atoms with Crippen LogP contribution in [0.3, 0.4) is 0 Å². The van der Waals surface area contributed by atoms with Crippen molar-refractivity contribution in [3.8, 4) is 0 Å². The molecule has 0 aliphatic carbocycles. The minimum atomic E-state index is -0.159. The summed E-state index contributed by atoms with van der Waals surface area (Å²) in [5.74, 6) is 1.32. The van der Waals surface area contributed by atoms with Crippen LogP contribution in [0.2, 0.25) is 0 Å². The first-order chi connectivity index (χ1) is 12.0. The zero-order valence-corrected chi connectivity index (χ0v) is 18.8. The summed E-state index contributed by atoms with van der Waals surface area (Å²) in [6.45, 7) is 10.6. The minimum absolute atomic E-state index is 0. The van der Waals surface area contributed by atoms with Crippen LogP contribution < -0.4 is 10.6 Å². The molecule has 0 bridgehead atoms. The molecule has 2 N–H and O–H groups in total. The molecule has 148 valence electrons. The molecule has 4 nitrogen and oxygen atoms in total. The fourth-order valence-corrected chi connectivity index (χ4v) is 3.33. The van der Waals surface area contributed by atoms with Gasteiger partial charge in [0.25, 0.3) is 0 Å². The number of benzene rings is 1. The van der Waals surface area contributed by atoms with Gasteiger partial charge in [-0.25, -0.2) is 4.39 Å². The van der Waals surface area contributed by atoms with E-state index in [0.29, 0.717) is 11.5 Å². The lowest BCUT2D eigenvalue weighted by molar-refractivity contribution is 0.185. The highest BCUT2D eigenvalue weighted by molar-refractivity contribution is 14.0. The molecule has 1 fully saturated rings. The number of hydrogen-bond donors (Lipinski definition) is 2. The molecule has 1 aromatic rings. The van der Waals surface area contributed by atoms with E-state index in [1.54, 1.807) is 20.0 Å². The van der Waals surface area contributed by atoms with Gasteiger partial charge in [0.15, 0.2) is 5.96 Å². The Bertz CT molecular complexity index is 571. The van der Waals surface area contributed by atoms with E-state index in [4.69, 9.17) is 0 Å². The Morgan fingerprint density at radius 2 is 2.04 bits per heavy atom. The predicted molar refractivity (Wildman–Crippen MR) is 119 cm³/mol. The van der Waals surface area contributed by atoms with Crippen molar-refractivity contribution >= 4 is 29.9 Å². The molecule has 1 aliphatic heterocycles. The first-order valence-corrected chi connectivity index (χ1v) is 9.49. The van der Waals surface area contributed by atoms with Crippen LogP contribution in [-0.4, -0.2) is 44.1 Å². The van der Waals surface area contributed by atoms with Gasteiger partial charge in [-0.2, -0.15) is 0 Å². The number of halogens is 2. The fourth-order valence-electron chi connectivity index (χ4n) is 3.33. The molecular formula is C20H34FIN4. The number of guanidine groups is 1. The summed E-state index contributed by atoms with van der Waals surface area (Å²) in [6.07, 6.45) is 3.71. The number of likely N-dealkylation sites (tertiary alicyclic amines) is 1. The molecule has 0 spiro atoms. The Morgan fingerprint density at radius 1 is 1.35 bits per heavy atom. The molecule has 6 heteroatoms. The summed E-state index contributed by atoms with van der Waals surface area (Å²) in [6, 6.07) is 5.40. The summed E-state index contributed by atoms with van der Waals surface area (Å²) in [7, 11) is 1.78. The van der Waals surface area contributed by atoms with Gasteiger partial charge >= 0.3 is 0 Å². The SMILES string of the molecule is CCCN1CCC(CNC(=NC)NC(C)c2ccc(C)c(F)c2)CC1.I. The highest BCUT2D eigenvalue weighted by Crippen LogP contribution is 2.17. The van der Waals surface area contributed by atoms with Gasteiger partial charge in [0.05, 0.1) is 6.04 Å². The molecule has 0 aromatic heterocycles. The maximum absolute atomic E-state index is 13.8. The summed E-state index contributed by atoms with van der Waals surface area (Å²) in [5, 5.41) is 6.80. The third-order valence-corrected chi connectivity index (χ3v) is 5.08. The van der Waals surface area contributed by atoms with E-state index in [1.165, 1.54) is 38.9 Å². The average molecular weight is 476 g/mol. The quantitative estimate of drug-likeness (QED) is 0.369. The number of nitrogens with one attached hydrogen (secondary N) is 2. The number of aryl methyl sites for hydroxylation is 1. The van der Waals surface area contributed by atoms with Gasteiger partial charge in [0.2, 0.25) is 0 Å². The van der Waals surface area contributed by atoms with Gasteiger partial charge in [-0.15, -0.1) is 24.0 Å². The topological polar surface area (TPSA) is 39.7 Å². The molecule has 0 amide bonds. The molecule has 2 rings (SSSR count). The lowest BCUT2D eigenvalue weighted by Crippen LogP contribution is -2.43. The van der Waals surface area contributed by atoms with E-state index in [-0.39, 0.29) is 35.8 Å². The maximum Gasteiger partial charge on any atom is 0.191 e. The van der Waals surface area contributed by atoms with E-state index in [0.717, 1.165) is 18.1 Å². The number of aliphatic imine (C=N–C) groups is 1. The minimum Gasteiger partial charge on any atom is -0.356 e. The summed E-state index contributed by atoms with van der Waals surface area (Å²) in [4.78, 5) is 6.87. The second-order valence-corrected chi connectivity index (χ2v) is 7.11. The second kappa shape index (κ2) is 11.7. The van der Waals surface area contributed by atoms with Crippen LogP contribution in [-0.2, 0) is 0 Å². The smallest absolute Gasteiger partial charge is 0.191 e. The van der Waals surface area contributed by atoms with Crippen molar-refractivity contribution in [1.29, 1.82) is 0 Å². The lowest BCUT2D eigenvalue weighted by atomic mass is 9.97. The Balaban J connectivity index is 0.00000338. The normalized spacial score (nSPS) is 17.5. The third-order valence-electron chi connectivity index (χ3n) is 5.08. The van der Waals surface area contributed by atoms with Gasteiger partial charge < -0.3 is 15.5 Å². The van der Waals surface area contributed by atoms with Crippen molar-refractivity contribution in [3.63, 3.8) is 0 Å². The predicted octanol–water partition coefficient (Wildman–Crippen LogP) is 4.10. The number of hydrogen-bond acceptors (Lipinski definition) is 2. The van der Waals surface area contributed by atoms with Gasteiger partial charge in [-0.3, -0.25) is 4.99 Å². The zero-order valence-electron chi connectivity index (χ0n) is 16.5. The van der Waals surface area contributed by atoms with Gasteiger partial charge in [0.1, 0.15) is 5.82 Å². The Kier molecular flexibility index (Phi) is 10.5. The van der Waals surface area contributed by atoms with Crippen LogP contribution >= 0.6 is 24.0 Å². The largest absolute Gasteiger partial charge is 0.356 e. The van der Waals surface area contributed by atoms with E-state index in [2.05, 4.69) is 27.4 Å². The molecule has 1 heterocycles. The highest BCUT2D eigenvalue weighted by Gasteiger charge is 2.19. The first-order valence-electron chi connectivity index (χ1n) is 9.49. The molecule has 1 atom stereocenters. The molecule has 26 heavy (non-hydrogen) atoms. The monoisotopic (exact) mass is 476 g/mol. The van der Waals surface area contributed by atoms with E-state index >= 15 is 0 Å². The van der Waals surface area contributed by atoms with Crippen LogP contribution in [0.4, 0.5) is 4.39 Å². The van der Waals surface area contributed by atoms with E-state index < -0.39 is 0 Å². The van der Waals surface area contributed by atoms with Crippen molar-refractivity contribution in [2.24, 2.45) is 10.9 Å². The average Bonchev–Trinajstić information content (AvgIpc) is 2.62. The summed E-state index contributed by atoms with van der Waals surface area (Å²) < 4.78 is 13.8. The van der Waals surface area contributed by atoms with Gasteiger partial charge in [0, 0.05) is 13.6 Å². The molecular weight excluding hydrogens is 442 g/mol. The Labute approximate surface area is 175 Å². The molecule has 1 aromatic carbocycles. The molecule has 0 saturated carbocycles. The van der Waals surface area contributed by atoms with Crippen molar-refractivity contribution in [3.05, 3.63) is 35.1 Å². The maximum atomic E-state index is 13.8. The van der Waals surface area contributed by atoms with Crippen LogP contribution in [0.15, 0.2) is 23.2 Å². The standard InChI is InChI=1S/C20H33FN4.HI/c1-5-10-25-11-8-17(9-12-25)14-23-20(22-4)24-16(3)18-7-6-15(2)19(21)13-18;/h6-7,13,16-17H,5,8-12,14H2,1-4H3,(H2,22,23,24);1H. The third kappa shape index (κ3) is 7.02. The lowest BCUT2D eigenvalue weighted by Gasteiger charge is -2.32. The van der Waals surface area contributed by atoms with Crippen LogP contribution in [0.5, 0.6) is 0 Å². The number of piperidine rings is 1. The van der Waals surface area contributed by atoms with Crippen molar-refractivity contribution in [2.75, 3.05) is 33.2 Å². The molecule has 0 radical (unpaired) electrons. The van der Waals surface area contributed by atoms with Crippen molar-refractivity contribution in [2.45, 2.75) is 46.1 Å².